The molecule has 0 heterocycles. The molecule has 0 saturated carbocycles. The van der Waals surface area contributed by atoms with Gasteiger partial charge in [0.15, 0.2) is 0 Å². The Morgan fingerprint density at radius 2 is 1.82 bits per heavy atom. The summed E-state index contributed by atoms with van der Waals surface area (Å²) in [6.45, 7) is 8.76. The van der Waals surface area contributed by atoms with Crippen LogP contribution in [-0.4, -0.2) is 20.2 Å². The molecule has 0 saturated heterocycles. The number of para-hydroxylation sites is 1. The maximum Gasteiger partial charge on any atom is 0.122 e. The first-order valence-corrected chi connectivity index (χ1v) is 5.85. The summed E-state index contributed by atoms with van der Waals surface area (Å²) in [4.78, 5) is 0. The third kappa shape index (κ3) is 6.54. The fraction of sp³-hybridized carbons (Fsp3) is 0.571. The summed E-state index contributed by atoms with van der Waals surface area (Å²) in [5.41, 5.74) is 1.62. The average molecular weight is 258 g/mol. The van der Waals surface area contributed by atoms with E-state index in [1.807, 2.05) is 12.1 Å². The minimum absolute atomic E-state index is 0. The van der Waals surface area contributed by atoms with Crippen molar-refractivity contribution < 1.29 is 4.74 Å². The van der Waals surface area contributed by atoms with Crippen molar-refractivity contribution in [3.05, 3.63) is 29.8 Å². The van der Waals surface area contributed by atoms with E-state index in [4.69, 9.17) is 4.74 Å². The van der Waals surface area contributed by atoms with E-state index >= 15 is 0 Å². The number of halogens is 1. The predicted octanol–water partition coefficient (Wildman–Crippen LogP) is 3.30. The standard InChI is InChI=1S/C14H23NO.ClH/c1-14(2,3)11-15-10-9-12-7-5-6-8-13(12)16-4;/h5-8,15H,9-11H2,1-4H3;1H. The van der Waals surface area contributed by atoms with Gasteiger partial charge < -0.3 is 10.1 Å². The summed E-state index contributed by atoms with van der Waals surface area (Å²) in [5, 5.41) is 3.47. The lowest BCUT2D eigenvalue weighted by molar-refractivity contribution is 0.379. The highest BCUT2D eigenvalue weighted by molar-refractivity contribution is 5.85. The van der Waals surface area contributed by atoms with Gasteiger partial charge in [0.2, 0.25) is 0 Å². The molecule has 1 aromatic carbocycles. The molecule has 0 aliphatic rings. The number of benzene rings is 1. The molecule has 98 valence electrons. The minimum atomic E-state index is 0. The van der Waals surface area contributed by atoms with Gasteiger partial charge in [-0.05, 0) is 30.0 Å². The van der Waals surface area contributed by atoms with E-state index in [0.29, 0.717) is 5.41 Å². The van der Waals surface area contributed by atoms with E-state index in [9.17, 15) is 0 Å². The first-order chi connectivity index (χ1) is 7.53. The van der Waals surface area contributed by atoms with Crippen LogP contribution in [0.15, 0.2) is 24.3 Å². The normalized spacial score (nSPS) is 10.8. The molecule has 0 bridgehead atoms. The monoisotopic (exact) mass is 257 g/mol. The van der Waals surface area contributed by atoms with Gasteiger partial charge in [-0.25, -0.2) is 0 Å². The highest BCUT2D eigenvalue weighted by Gasteiger charge is 2.08. The van der Waals surface area contributed by atoms with Crippen LogP contribution in [-0.2, 0) is 6.42 Å². The Balaban J connectivity index is 0.00000256. The fourth-order valence-corrected chi connectivity index (χ4v) is 1.60. The number of hydrogen-bond acceptors (Lipinski definition) is 2. The molecule has 0 amide bonds. The van der Waals surface area contributed by atoms with E-state index in [1.165, 1.54) is 5.56 Å². The Kier molecular flexibility index (Phi) is 7.24. The zero-order chi connectivity index (χ0) is 12.0. The molecular weight excluding hydrogens is 234 g/mol. The van der Waals surface area contributed by atoms with Crippen LogP contribution in [0.5, 0.6) is 5.75 Å². The van der Waals surface area contributed by atoms with Crippen LogP contribution in [0.3, 0.4) is 0 Å². The van der Waals surface area contributed by atoms with Crippen molar-refractivity contribution in [1.82, 2.24) is 5.32 Å². The first kappa shape index (κ1) is 16.3. The Bertz CT molecular complexity index is 320. The van der Waals surface area contributed by atoms with Crippen molar-refractivity contribution in [3.8, 4) is 5.75 Å². The third-order valence-electron chi connectivity index (χ3n) is 2.42. The number of hydrogen-bond donors (Lipinski definition) is 1. The second-order valence-corrected chi connectivity index (χ2v) is 5.30. The van der Waals surface area contributed by atoms with Gasteiger partial charge in [0.05, 0.1) is 7.11 Å². The smallest absolute Gasteiger partial charge is 0.122 e. The van der Waals surface area contributed by atoms with E-state index < -0.39 is 0 Å². The highest BCUT2D eigenvalue weighted by Crippen LogP contribution is 2.17. The zero-order valence-corrected chi connectivity index (χ0v) is 12.1. The van der Waals surface area contributed by atoms with Crippen LogP contribution < -0.4 is 10.1 Å². The van der Waals surface area contributed by atoms with Crippen LogP contribution in [0, 0.1) is 5.41 Å². The van der Waals surface area contributed by atoms with Gasteiger partial charge in [-0.2, -0.15) is 0 Å². The molecule has 1 aromatic rings. The molecule has 17 heavy (non-hydrogen) atoms. The molecule has 3 heteroatoms. The predicted molar refractivity (Wildman–Crippen MR) is 76.3 cm³/mol. The Morgan fingerprint density at radius 1 is 1.18 bits per heavy atom. The van der Waals surface area contributed by atoms with Gasteiger partial charge in [0.25, 0.3) is 0 Å². The van der Waals surface area contributed by atoms with Crippen molar-refractivity contribution in [2.75, 3.05) is 20.2 Å². The lowest BCUT2D eigenvalue weighted by atomic mass is 9.97. The molecule has 0 spiro atoms. The van der Waals surface area contributed by atoms with Crippen LogP contribution in [0.25, 0.3) is 0 Å². The lowest BCUT2D eigenvalue weighted by Gasteiger charge is -2.19. The summed E-state index contributed by atoms with van der Waals surface area (Å²) >= 11 is 0. The summed E-state index contributed by atoms with van der Waals surface area (Å²) in [5.74, 6) is 0.986. The maximum atomic E-state index is 5.32. The van der Waals surface area contributed by atoms with Gasteiger partial charge in [0, 0.05) is 6.54 Å². The Hall–Kier alpha value is -0.730. The third-order valence-corrected chi connectivity index (χ3v) is 2.42. The van der Waals surface area contributed by atoms with E-state index in [1.54, 1.807) is 7.11 Å². The van der Waals surface area contributed by atoms with E-state index in [-0.39, 0.29) is 12.4 Å². The largest absolute Gasteiger partial charge is 0.496 e. The number of nitrogens with one attached hydrogen (secondary N) is 1. The van der Waals surface area contributed by atoms with Gasteiger partial charge in [-0.3, -0.25) is 0 Å². The number of methoxy groups -OCH3 is 1. The maximum absolute atomic E-state index is 5.32. The highest BCUT2D eigenvalue weighted by atomic mass is 35.5. The van der Waals surface area contributed by atoms with Crippen LogP contribution >= 0.6 is 12.4 Å². The van der Waals surface area contributed by atoms with Crippen molar-refractivity contribution in [2.24, 2.45) is 5.41 Å². The lowest BCUT2D eigenvalue weighted by Crippen LogP contribution is -2.28. The summed E-state index contributed by atoms with van der Waals surface area (Å²) in [6, 6.07) is 8.20. The summed E-state index contributed by atoms with van der Waals surface area (Å²) in [6.07, 6.45) is 1.01. The first-order valence-electron chi connectivity index (χ1n) is 5.85. The van der Waals surface area contributed by atoms with Crippen LogP contribution in [0.2, 0.25) is 0 Å². The average Bonchev–Trinajstić information content (AvgIpc) is 2.23. The topological polar surface area (TPSA) is 21.3 Å². The van der Waals surface area contributed by atoms with Crippen molar-refractivity contribution in [1.29, 1.82) is 0 Å². The quantitative estimate of drug-likeness (QED) is 0.818. The van der Waals surface area contributed by atoms with Crippen molar-refractivity contribution in [3.63, 3.8) is 0 Å². The van der Waals surface area contributed by atoms with E-state index in [0.717, 1.165) is 25.3 Å². The molecule has 0 aromatic heterocycles. The molecule has 0 fully saturated rings. The van der Waals surface area contributed by atoms with Crippen molar-refractivity contribution >= 4 is 12.4 Å². The summed E-state index contributed by atoms with van der Waals surface area (Å²) in [7, 11) is 1.72. The molecule has 0 atom stereocenters. The molecule has 2 nitrogen and oxygen atoms in total. The molecule has 0 aliphatic heterocycles. The fourth-order valence-electron chi connectivity index (χ4n) is 1.60. The molecule has 1 N–H and O–H groups in total. The second-order valence-electron chi connectivity index (χ2n) is 5.30. The molecule has 1 rings (SSSR count). The minimum Gasteiger partial charge on any atom is -0.496 e. The summed E-state index contributed by atoms with van der Waals surface area (Å²) < 4.78 is 5.32. The number of ether oxygens (including phenoxy) is 1. The van der Waals surface area contributed by atoms with Crippen LogP contribution in [0.1, 0.15) is 26.3 Å². The van der Waals surface area contributed by atoms with Crippen molar-refractivity contribution in [2.45, 2.75) is 27.2 Å². The van der Waals surface area contributed by atoms with Gasteiger partial charge >= 0.3 is 0 Å². The number of rotatable bonds is 5. The van der Waals surface area contributed by atoms with Crippen LogP contribution in [0.4, 0.5) is 0 Å². The van der Waals surface area contributed by atoms with Gasteiger partial charge in [-0.15, -0.1) is 12.4 Å². The Morgan fingerprint density at radius 3 is 2.41 bits per heavy atom. The zero-order valence-electron chi connectivity index (χ0n) is 11.2. The molecular formula is C14H24ClNO. The molecule has 0 aliphatic carbocycles. The van der Waals surface area contributed by atoms with Gasteiger partial charge in [0.1, 0.15) is 5.75 Å². The Labute approximate surface area is 111 Å². The SMILES string of the molecule is COc1ccccc1CCNCC(C)(C)C.Cl. The van der Waals surface area contributed by atoms with E-state index in [2.05, 4.69) is 38.2 Å². The molecule has 0 unspecified atom stereocenters. The second kappa shape index (κ2) is 7.57. The molecule has 0 radical (unpaired) electrons. The van der Waals surface area contributed by atoms with Gasteiger partial charge in [-0.1, -0.05) is 39.0 Å².